The van der Waals surface area contributed by atoms with Gasteiger partial charge in [0.25, 0.3) is 0 Å². The van der Waals surface area contributed by atoms with Gasteiger partial charge in [0.1, 0.15) is 0 Å². The minimum Gasteiger partial charge on any atom is -0.399 e. The highest BCUT2D eigenvalue weighted by Gasteiger charge is 2.22. The molecule has 1 saturated heterocycles. The number of anilines is 1. The molecule has 1 aliphatic rings. The summed E-state index contributed by atoms with van der Waals surface area (Å²) in [6.07, 6.45) is 1.94. The van der Waals surface area contributed by atoms with Gasteiger partial charge in [-0.1, -0.05) is 12.1 Å². The average Bonchev–Trinajstić information content (AvgIpc) is 2.40. The molecule has 1 unspecified atom stereocenters. The van der Waals surface area contributed by atoms with Gasteiger partial charge in [0.15, 0.2) is 0 Å². The number of aliphatic hydroxyl groups is 1. The summed E-state index contributed by atoms with van der Waals surface area (Å²) in [5, 5.41) is 10.2. The van der Waals surface area contributed by atoms with E-state index in [4.69, 9.17) is 5.73 Å². The van der Waals surface area contributed by atoms with Crippen LogP contribution in [0.1, 0.15) is 24.5 Å². The van der Waals surface area contributed by atoms with E-state index < -0.39 is 6.10 Å². The summed E-state index contributed by atoms with van der Waals surface area (Å²) in [6, 6.07) is 8.19. The van der Waals surface area contributed by atoms with Crippen LogP contribution in [0.4, 0.5) is 5.69 Å². The molecule has 1 fully saturated rings. The lowest BCUT2D eigenvalue weighted by Crippen LogP contribution is -2.43. The summed E-state index contributed by atoms with van der Waals surface area (Å²) in [5.41, 5.74) is 7.34. The van der Waals surface area contributed by atoms with E-state index >= 15 is 0 Å². The summed E-state index contributed by atoms with van der Waals surface area (Å²) in [6.45, 7) is 2.84. The molecule has 2 rings (SSSR count). The molecule has 0 spiro atoms. The van der Waals surface area contributed by atoms with Gasteiger partial charge in [-0.3, -0.25) is 0 Å². The van der Waals surface area contributed by atoms with Crippen molar-refractivity contribution in [1.29, 1.82) is 0 Å². The lowest BCUT2D eigenvalue weighted by Gasteiger charge is -2.36. The number of β-amino-alcohol motifs (C(OH)–C–C–N with tert-alkyl or cyclic N) is 1. The SMILES string of the molecule is CN(C)C1CCN(CC(O)c2ccc(N)cc2)CC1. The first-order chi connectivity index (χ1) is 9.06. The molecular formula is C15H25N3O. The van der Waals surface area contributed by atoms with Crippen molar-refractivity contribution in [3.63, 3.8) is 0 Å². The van der Waals surface area contributed by atoms with Gasteiger partial charge in [0.2, 0.25) is 0 Å². The van der Waals surface area contributed by atoms with Crippen molar-refractivity contribution in [2.45, 2.75) is 25.0 Å². The van der Waals surface area contributed by atoms with Gasteiger partial charge in [0, 0.05) is 18.3 Å². The molecule has 1 atom stereocenters. The Hall–Kier alpha value is -1.10. The van der Waals surface area contributed by atoms with Crippen molar-refractivity contribution < 1.29 is 5.11 Å². The zero-order chi connectivity index (χ0) is 13.8. The number of nitrogens with two attached hydrogens (primary N) is 1. The molecule has 106 valence electrons. The highest BCUT2D eigenvalue weighted by atomic mass is 16.3. The molecule has 1 heterocycles. The Morgan fingerprint density at radius 2 is 1.84 bits per heavy atom. The second-order valence-electron chi connectivity index (χ2n) is 5.68. The van der Waals surface area contributed by atoms with Crippen molar-refractivity contribution in [1.82, 2.24) is 9.80 Å². The second kappa shape index (κ2) is 6.37. The van der Waals surface area contributed by atoms with Crippen LogP contribution in [0.25, 0.3) is 0 Å². The van der Waals surface area contributed by atoms with Crippen LogP contribution in [-0.2, 0) is 0 Å². The minimum absolute atomic E-state index is 0.420. The minimum atomic E-state index is -0.420. The van der Waals surface area contributed by atoms with Crippen LogP contribution in [0, 0.1) is 0 Å². The number of piperidine rings is 1. The first kappa shape index (κ1) is 14.3. The number of rotatable bonds is 4. The second-order valence-corrected chi connectivity index (χ2v) is 5.68. The molecule has 1 aromatic carbocycles. The van der Waals surface area contributed by atoms with Crippen molar-refractivity contribution in [2.24, 2.45) is 0 Å². The summed E-state index contributed by atoms with van der Waals surface area (Å²) in [5.74, 6) is 0. The van der Waals surface area contributed by atoms with Crippen LogP contribution < -0.4 is 5.73 Å². The molecule has 0 aromatic heterocycles. The predicted octanol–water partition coefficient (Wildman–Crippen LogP) is 1.33. The van der Waals surface area contributed by atoms with Gasteiger partial charge >= 0.3 is 0 Å². The Kier molecular flexibility index (Phi) is 4.80. The van der Waals surface area contributed by atoms with Crippen LogP contribution in [0.15, 0.2) is 24.3 Å². The van der Waals surface area contributed by atoms with Crippen LogP contribution in [0.2, 0.25) is 0 Å². The van der Waals surface area contributed by atoms with Crippen LogP contribution >= 0.6 is 0 Å². The summed E-state index contributed by atoms with van der Waals surface area (Å²) >= 11 is 0. The Balaban J connectivity index is 1.83. The van der Waals surface area contributed by atoms with Crippen LogP contribution in [0.3, 0.4) is 0 Å². The zero-order valence-corrected chi connectivity index (χ0v) is 11.9. The fraction of sp³-hybridized carbons (Fsp3) is 0.600. The highest BCUT2D eigenvalue weighted by Crippen LogP contribution is 2.19. The Bertz CT molecular complexity index is 383. The molecule has 3 N–H and O–H groups in total. The Labute approximate surface area is 115 Å². The average molecular weight is 263 g/mol. The van der Waals surface area contributed by atoms with Gasteiger partial charge in [-0.05, 0) is 57.7 Å². The molecule has 19 heavy (non-hydrogen) atoms. The van der Waals surface area contributed by atoms with Crippen LogP contribution in [-0.4, -0.2) is 54.7 Å². The number of nitrogen functional groups attached to an aromatic ring is 1. The third kappa shape index (κ3) is 3.93. The molecule has 0 aliphatic carbocycles. The van der Waals surface area contributed by atoms with E-state index in [1.807, 2.05) is 24.3 Å². The monoisotopic (exact) mass is 263 g/mol. The fourth-order valence-corrected chi connectivity index (χ4v) is 2.69. The number of benzene rings is 1. The van der Waals surface area contributed by atoms with Crippen molar-refractivity contribution >= 4 is 5.69 Å². The number of hydrogen-bond acceptors (Lipinski definition) is 4. The van der Waals surface area contributed by atoms with Gasteiger partial charge in [-0.25, -0.2) is 0 Å². The molecule has 1 aliphatic heterocycles. The third-order valence-electron chi connectivity index (χ3n) is 4.04. The maximum absolute atomic E-state index is 10.2. The van der Waals surface area contributed by atoms with Crippen LogP contribution in [0.5, 0.6) is 0 Å². The molecule has 0 bridgehead atoms. The van der Waals surface area contributed by atoms with E-state index in [1.165, 1.54) is 12.8 Å². The number of nitrogens with zero attached hydrogens (tertiary/aromatic N) is 2. The first-order valence-corrected chi connectivity index (χ1v) is 6.98. The summed E-state index contributed by atoms with van der Waals surface area (Å²) in [4.78, 5) is 4.65. The molecule has 1 aromatic rings. The van der Waals surface area contributed by atoms with Gasteiger partial charge in [-0.15, -0.1) is 0 Å². The number of likely N-dealkylation sites (tertiary alicyclic amines) is 1. The van der Waals surface area contributed by atoms with Gasteiger partial charge in [-0.2, -0.15) is 0 Å². The van der Waals surface area contributed by atoms with E-state index in [0.29, 0.717) is 12.6 Å². The van der Waals surface area contributed by atoms with E-state index in [2.05, 4.69) is 23.9 Å². The lowest BCUT2D eigenvalue weighted by molar-refractivity contribution is 0.0798. The van der Waals surface area contributed by atoms with E-state index in [1.54, 1.807) is 0 Å². The molecule has 0 radical (unpaired) electrons. The third-order valence-corrected chi connectivity index (χ3v) is 4.04. The van der Waals surface area contributed by atoms with Gasteiger partial charge < -0.3 is 20.6 Å². The standard InChI is InChI=1S/C15H25N3O/c1-17(2)14-7-9-18(10-8-14)11-15(19)12-3-5-13(16)6-4-12/h3-6,14-15,19H,7-11,16H2,1-2H3. The van der Waals surface area contributed by atoms with Crippen molar-refractivity contribution in [3.05, 3.63) is 29.8 Å². The molecule has 4 heteroatoms. The van der Waals surface area contributed by atoms with E-state index in [-0.39, 0.29) is 0 Å². The maximum atomic E-state index is 10.2. The van der Waals surface area contributed by atoms with Crippen molar-refractivity contribution in [2.75, 3.05) is 39.5 Å². The lowest BCUT2D eigenvalue weighted by atomic mass is 10.0. The quantitative estimate of drug-likeness (QED) is 0.805. The molecular weight excluding hydrogens is 238 g/mol. The largest absolute Gasteiger partial charge is 0.399 e. The normalized spacial score (nSPS) is 19.8. The molecule has 0 amide bonds. The number of aliphatic hydroxyl groups excluding tert-OH is 1. The maximum Gasteiger partial charge on any atom is 0.0916 e. The van der Waals surface area contributed by atoms with E-state index in [9.17, 15) is 5.11 Å². The van der Waals surface area contributed by atoms with Crippen molar-refractivity contribution in [3.8, 4) is 0 Å². The highest BCUT2D eigenvalue weighted by molar-refractivity contribution is 5.39. The topological polar surface area (TPSA) is 52.7 Å². The fourth-order valence-electron chi connectivity index (χ4n) is 2.69. The predicted molar refractivity (Wildman–Crippen MR) is 79.0 cm³/mol. The summed E-state index contributed by atoms with van der Waals surface area (Å²) < 4.78 is 0. The summed E-state index contributed by atoms with van der Waals surface area (Å²) in [7, 11) is 4.28. The molecule has 0 saturated carbocycles. The molecule has 4 nitrogen and oxygen atoms in total. The smallest absolute Gasteiger partial charge is 0.0916 e. The Morgan fingerprint density at radius 3 is 2.37 bits per heavy atom. The number of hydrogen-bond donors (Lipinski definition) is 2. The first-order valence-electron chi connectivity index (χ1n) is 6.98. The van der Waals surface area contributed by atoms with E-state index in [0.717, 1.165) is 24.3 Å². The Morgan fingerprint density at radius 1 is 1.26 bits per heavy atom. The zero-order valence-electron chi connectivity index (χ0n) is 11.9. The van der Waals surface area contributed by atoms with Gasteiger partial charge in [0.05, 0.1) is 6.10 Å².